The van der Waals surface area contributed by atoms with Gasteiger partial charge in [-0.15, -0.1) is 0 Å². The maximum atomic E-state index is 5.80. The van der Waals surface area contributed by atoms with Crippen LogP contribution in [-0.4, -0.2) is 7.11 Å². The normalized spacial score (nSPS) is 10.4. The molecule has 0 radical (unpaired) electrons. The Bertz CT molecular complexity index is 719. The molecule has 3 aromatic rings. The van der Waals surface area contributed by atoms with Gasteiger partial charge in [-0.2, -0.15) is 0 Å². The van der Waals surface area contributed by atoms with Crippen LogP contribution in [0.4, 0.5) is 0 Å². The molecule has 0 atom stereocenters. The Morgan fingerprint density at radius 1 is 0.750 bits per heavy atom. The minimum atomic E-state index is 0.554. The molecule has 0 saturated carbocycles. The minimum Gasteiger partial charge on any atom is -0.497 e. The molecule has 0 N–H and O–H groups in total. The molecule has 0 fully saturated rings. The third-order valence-electron chi connectivity index (χ3n) is 3.26. The lowest BCUT2D eigenvalue weighted by atomic mass is 10.1. The van der Waals surface area contributed by atoms with E-state index in [1.807, 2.05) is 24.3 Å². The van der Waals surface area contributed by atoms with Crippen LogP contribution in [0.1, 0.15) is 5.56 Å². The van der Waals surface area contributed by atoms with Crippen LogP contribution >= 0.6 is 0 Å². The van der Waals surface area contributed by atoms with Crippen molar-refractivity contribution in [2.45, 2.75) is 6.61 Å². The largest absolute Gasteiger partial charge is 0.497 e. The molecule has 3 aromatic carbocycles. The van der Waals surface area contributed by atoms with Gasteiger partial charge in [0, 0.05) is 6.07 Å². The third kappa shape index (κ3) is 2.75. The van der Waals surface area contributed by atoms with Crippen LogP contribution in [0.3, 0.4) is 0 Å². The molecule has 0 saturated heterocycles. The van der Waals surface area contributed by atoms with E-state index in [9.17, 15) is 0 Å². The van der Waals surface area contributed by atoms with Crippen LogP contribution in [0.15, 0.2) is 66.7 Å². The van der Waals surface area contributed by atoms with E-state index in [-0.39, 0.29) is 0 Å². The Morgan fingerprint density at radius 3 is 2.40 bits per heavy atom. The predicted octanol–water partition coefficient (Wildman–Crippen LogP) is 4.43. The van der Waals surface area contributed by atoms with Crippen molar-refractivity contribution in [2.24, 2.45) is 0 Å². The van der Waals surface area contributed by atoms with Crippen LogP contribution < -0.4 is 9.47 Å². The van der Waals surface area contributed by atoms with Crippen LogP contribution in [0.5, 0.6) is 11.5 Å². The molecule has 0 aliphatic rings. The van der Waals surface area contributed by atoms with Crippen LogP contribution in [-0.2, 0) is 6.61 Å². The Hall–Kier alpha value is -2.48. The van der Waals surface area contributed by atoms with Crippen molar-refractivity contribution in [3.05, 3.63) is 72.3 Å². The van der Waals surface area contributed by atoms with E-state index in [0.717, 1.165) is 17.1 Å². The van der Waals surface area contributed by atoms with E-state index in [1.165, 1.54) is 10.8 Å². The number of fused-ring (bicyclic) bond motifs is 1. The molecule has 2 nitrogen and oxygen atoms in total. The quantitative estimate of drug-likeness (QED) is 0.694. The van der Waals surface area contributed by atoms with Gasteiger partial charge >= 0.3 is 0 Å². The molecule has 0 heterocycles. The molecule has 0 unspecified atom stereocenters. The van der Waals surface area contributed by atoms with E-state index in [0.29, 0.717) is 6.61 Å². The van der Waals surface area contributed by atoms with Crippen molar-refractivity contribution in [3.63, 3.8) is 0 Å². The summed E-state index contributed by atoms with van der Waals surface area (Å²) >= 11 is 0. The van der Waals surface area contributed by atoms with Crippen LogP contribution in [0.2, 0.25) is 0 Å². The van der Waals surface area contributed by atoms with Gasteiger partial charge in [0.05, 0.1) is 7.11 Å². The molecule has 0 aromatic heterocycles. The zero-order valence-corrected chi connectivity index (χ0v) is 11.4. The summed E-state index contributed by atoms with van der Waals surface area (Å²) in [6.45, 7) is 0.554. The molecule has 0 amide bonds. The number of benzene rings is 3. The molecule has 0 aliphatic carbocycles. The van der Waals surface area contributed by atoms with Gasteiger partial charge in [-0.25, -0.2) is 0 Å². The Morgan fingerprint density at radius 2 is 1.55 bits per heavy atom. The zero-order chi connectivity index (χ0) is 13.8. The lowest BCUT2D eigenvalue weighted by molar-refractivity contribution is 0.304. The van der Waals surface area contributed by atoms with Crippen molar-refractivity contribution in [3.8, 4) is 11.5 Å². The molecule has 0 aliphatic heterocycles. The number of rotatable bonds is 4. The van der Waals surface area contributed by atoms with Gasteiger partial charge < -0.3 is 9.47 Å². The number of ether oxygens (including phenoxy) is 2. The van der Waals surface area contributed by atoms with E-state index >= 15 is 0 Å². The highest BCUT2D eigenvalue weighted by atomic mass is 16.5. The standard InChI is InChI=1S/C18H16O2/c1-19-17-7-4-8-18(12-17)20-13-14-9-10-15-5-2-3-6-16(15)11-14/h2-12H,13H2,1H3. The topological polar surface area (TPSA) is 18.5 Å². The van der Waals surface area contributed by atoms with E-state index in [4.69, 9.17) is 9.47 Å². The summed E-state index contributed by atoms with van der Waals surface area (Å²) < 4.78 is 11.0. The van der Waals surface area contributed by atoms with Gasteiger partial charge in [-0.05, 0) is 34.5 Å². The van der Waals surface area contributed by atoms with Crippen molar-refractivity contribution in [2.75, 3.05) is 7.11 Å². The summed E-state index contributed by atoms with van der Waals surface area (Å²) in [6.07, 6.45) is 0. The fourth-order valence-corrected chi connectivity index (χ4v) is 2.19. The minimum absolute atomic E-state index is 0.554. The highest BCUT2D eigenvalue weighted by Gasteiger charge is 1.99. The van der Waals surface area contributed by atoms with Crippen molar-refractivity contribution >= 4 is 10.8 Å². The second-order valence-corrected chi connectivity index (χ2v) is 4.65. The second-order valence-electron chi connectivity index (χ2n) is 4.65. The first-order valence-electron chi connectivity index (χ1n) is 6.60. The van der Waals surface area contributed by atoms with Crippen LogP contribution in [0, 0.1) is 0 Å². The van der Waals surface area contributed by atoms with Gasteiger partial charge in [0.15, 0.2) is 0 Å². The first-order valence-corrected chi connectivity index (χ1v) is 6.60. The SMILES string of the molecule is COc1cccc(OCc2ccc3ccccc3c2)c1. The maximum Gasteiger partial charge on any atom is 0.123 e. The zero-order valence-electron chi connectivity index (χ0n) is 11.4. The number of hydrogen-bond acceptors (Lipinski definition) is 2. The van der Waals surface area contributed by atoms with E-state index in [1.54, 1.807) is 7.11 Å². The highest BCUT2D eigenvalue weighted by molar-refractivity contribution is 5.82. The summed E-state index contributed by atoms with van der Waals surface area (Å²) in [5, 5.41) is 2.48. The number of methoxy groups -OCH3 is 1. The summed E-state index contributed by atoms with van der Waals surface area (Å²) in [5.74, 6) is 1.62. The Balaban J connectivity index is 1.76. The van der Waals surface area contributed by atoms with Gasteiger partial charge in [0.25, 0.3) is 0 Å². The molecule has 100 valence electrons. The molecule has 20 heavy (non-hydrogen) atoms. The molecule has 0 spiro atoms. The Kier molecular flexibility index (Phi) is 3.55. The third-order valence-corrected chi connectivity index (χ3v) is 3.26. The number of hydrogen-bond donors (Lipinski definition) is 0. The first kappa shape index (κ1) is 12.5. The monoisotopic (exact) mass is 264 g/mol. The Labute approximate surface area is 118 Å². The maximum absolute atomic E-state index is 5.80. The van der Waals surface area contributed by atoms with Gasteiger partial charge in [-0.3, -0.25) is 0 Å². The van der Waals surface area contributed by atoms with Crippen molar-refractivity contribution in [1.29, 1.82) is 0 Å². The van der Waals surface area contributed by atoms with Crippen molar-refractivity contribution in [1.82, 2.24) is 0 Å². The molecular formula is C18H16O2. The molecule has 0 bridgehead atoms. The van der Waals surface area contributed by atoms with Crippen molar-refractivity contribution < 1.29 is 9.47 Å². The van der Waals surface area contributed by atoms with E-state index in [2.05, 4.69) is 42.5 Å². The first-order chi connectivity index (χ1) is 9.85. The lowest BCUT2D eigenvalue weighted by Crippen LogP contribution is -1.95. The molecule has 2 heteroatoms. The summed E-state index contributed by atoms with van der Waals surface area (Å²) in [4.78, 5) is 0. The lowest BCUT2D eigenvalue weighted by Gasteiger charge is -2.08. The van der Waals surface area contributed by atoms with Gasteiger partial charge in [0.1, 0.15) is 18.1 Å². The highest BCUT2D eigenvalue weighted by Crippen LogP contribution is 2.21. The van der Waals surface area contributed by atoms with Gasteiger partial charge in [0.2, 0.25) is 0 Å². The second kappa shape index (κ2) is 5.66. The van der Waals surface area contributed by atoms with E-state index < -0.39 is 0 Å². The molecular weight excluding hydrogens is 248 g/mol. The fraction of sp³-hybridized carbons (Fsp3) is 0.111. The fourth-order valence-electron chi connectivity index (χ4n) is 2.19. The van der Waals surface area contributed by atoms with Gasteiger partial charge in [-0.1, -0.05) is 42.5 Å². The van der Waals surface area contributed by atoms with Crippen LogP contribution in [0.25, 0.3) is 10.8 Å². The molecule has 3 rings (SSSR count). The average molecular weight is 264 g/mol. The summed E-state index contributed by atoms with van der Waals surface area (Å²) in [5.41, 5.74) is 1.16. The summed E-state index contributed by atoms with van der Waals surface area (Å²) in [7, 11) is 1.66. The average Bonchev–Trinajstić information content (AvgIpc) is 2.53. The summed E-state index contributed by atoms with van der Waals surface area (Å²) in [6, 6.07) is 22.4. The predicted molar refractivity (Wildman–Crippen MR) is 81.3 cm³/mol. The smallest absolute Gasteiger partial charge is 0.123 e.